The Morgan fingerprint density at radius 2 is 1.39 bits per heavy atom. The zero-order valence-electron chi connectivity index (χ0n) is 11.7. The molecule has 0 unspecified atom stereocenters. The molecule has 0 radical (unpaired) electrons. The molecule has 18 heavy (non-hydrogen) atoms. The van der Waals surface area contributed by atoms with Gasteiger partial charge in [-0.3, -0.25) is 9.69 Å². The molecule has 0 spiro atoms. The van der Waals surface area contributed by atoms with E-state index in [0.717, 1.165) is 45.8 Å². The van der Waals surface area contributed by atoms with E-state index in [0.29, 0.717) is 12.5 Å². The summed E-state index contributed by atoms with van der Waals surface area (Å²) in [7, 11) is 0. The average molecular weight is 253 g/mol. The molecule has 2 fully saturated rings. The van der Waals surface area contributed by atoms with Gasteiger partial charge in [0.05, 0.1) is 6.54 Å². The second-order valence-corrected chi connectivity index (χ2v) is 5.51. The number of nitrogens with zero attached hydrogens (tertiary/aromatic N) is 3. The molecule has 0 aliphatic carbocycles. The molecular weight excluding hydrogens is 226 g/mol. The van der Waals surface area contributed by atoms with Gasteiger partial charge in [-0.25, -0.2) is 0 Å². The number of amides is 1. The molecule has 0 aromatic heterocycles. The topological polar surface area (TPSA) is 26.8 Å². The molecule has 2 saturated heterocycles. The first-order valence-electron chi connectivity index (χ1n) is 7.52. The maximum absolute atomic E-state index is 12.2. The Morgan fingerprint density at radius 1 is 0.833 bits per heavy atom. The molecule has 0 N–H and O–H groups in total. The minimum absolute atomic E-state index is 0.349. The Hall–Kier alpha value is -0.610. The van der Waals surface area contributed by atoms with E-state index >= 15 is 0 Å². The first-order chi connectivity index (χ1) is 8.79. The van der Waals surface area contributed by atoms with Crippen LogP contribution in [0.4, 0.5) is 0 Å². The van der Waals surface area contributed by atoms with Crippen molar-refractivity contribution in [3.05, 3.63) is 0 Å². The van der Waals surface area contributed by atoms with Crippen molar-refractivity contribution in [3.8, 4) is 0 Å². The molecule has 4 heteroatoms. The van der Waals surface area contributed by atoms with Crippen LogP contribution in [-0.2, 0) is 4.79 Å². The Kier molecular flexibility index (Phi) is 5.45. The lowest BCUT2D eigenvalue weighted by atomic mass is 10.2. The third kappa shape index (κ3) is 3.95. The van der Waals surface area contributed by atoms with Crippen LogP contribution in [-0.4, -0.2) is 73.0 Å². The molecule has 2 aliphatic rings. The lowest BCUT2D eigenvalue weighted by molar-refractivity contribution is -0.132. The first kappa shape index (κ1) is 13.8. The first-order valence-corrected chi connectivity index (χ1v) is 7.52. The summed E-state index contributed by atoms with van der Waals surface area (Å²) in [6.45, 7) is 10.3. The van der Waals surface area contributed by atoms with E-state index in [2.05, 4.69) is 21.6 Å². The zero-order chi connectivity index (χ0) is 12.8. The summed E-state index contributed by atoms with van der Waals surface area (Å²) in [6.07, 6.45) is 4.96. The Bertz CT molecular complexity index is 254. The third-order valence-corrected chi connectivity index (χ3v) is 4.23. The SMILES string of the molecule is CCN1CCN(CC(=O)N2CCCCCC2)CC1. The van der Waals surface area contributed by atoms with Crippen molar-refractivity contribution in [1.29, 1.82) is 0 Å². The molecule has 1 amide bonds. The van der Waals surface area contributed by atoms with E-state index in [1.54, 1.807) is 0 Å². The van der Waals surface area contributed by atoms with Crippen LogP contribution in [0.3, 0.4) is 0 Å². The zero-order valence-corrected chi connectivity index (χ0v) is 11.7. The predicted octanol–water partition coefficient (Wildman–Crippen LogP) is 1.03. The highest BCUT2D eigenvalue weighted by Gasteiger charge is 2.21. The summed E-state index contributed by atoms with van der Waals surface area (Å²) in [5.41, 5.74) is 0. The fraction of sp³-hybridized carbons (Fsp3) is 0.929. The van der Waals surface area contributed by atoms with Crippen LogP contribution in [0.5, 0.6) is 0 Å². The number of rotatable bonds is 3. The number of likely N-dealkylation sites (tertiary alicyclic amines) is 1. The number of carbonyl (C=O) groups excluding carboxylic acids is 1. The Labute approximate surface area is 111 Å². The maximum Gasteiger partial charge on any atom is 0.236 e. The molecule has 2 aliphatic heterocycles. The van der Waals surface area contributed by atoms with Crippen LogP contribution >= 0.6 is 0 Å². The smallest absolute Gasteiger partial charge is 0.236 e. The van der Waals surface area contributed by atoms with Crippen LogP contribution < -0.4 is 0 Å². The molecule has 2 rings (SSSR count). The van der Waals surface area contributed by atoms with Crippen molar-refractivity contribution < 1.29 is 4.79 Å². The van der Waals surface area contributed by atoms with Crippen molar-refractivity contribution >= 4 is 5.91 Å². The Balaban J connectivity index is 1.73. The summed E-state index contributed by atoms with van der Waals surface area (Å²) < 4.78 is 0. The van der Waals surface area contributed by atoms with E-state index in [4.69, 9.17) is 0 Å². The van der Waals surface area contributed by atoms with Crippen LogP contribution in [0.1, 0.15) is 32.6 Å². The quantitative estimate of drug-likeness (QED) is 0.751. The van der Waals surface area contributed by atoms with Crippen molar-refractivity contribution in [2.75, 3.05) is 52.4 Å². The fourth-order valence-corrected chi connectivity index (χ4v) is 2.88. The van der Waals surface area contributed by atoms with E-state index < -0.39 is 0 Å². The van der Waals surface area contributed by atoms with Crippen LogP contribution in [0.25, 0.3) is 0 Å². The molecular formula is C14H27N3O. The van der Waals surface area contributed by atoms with E-state index in [1.165, 1.54) is 25.7 Å². The number of hydrogen-bond donors (Lipinski definition) is 0. The van der Waals surface area contributed by atoms with Gasteiger partial charge in [0.1, 0.15) is 0 Å². The van der Waals surface area contributed by atoms with Gasteiger partial charge in [-0.15, -0.1) is 0 Å². The van der Waals surface area contributed by atoms with Gasteiger partial charge < -0.3 is 9.80 Å². The summed E-state index contributed by atoms with van der Waals surface area (Å²) in [5.74, 6) is 0.349. The van der Waals surface area contributed by atoms with Gasteiger partial charge in [-0.2, -0.15) is 0 Å². The minimum Gasteiger partial charge on any atom is -0.342 e. The Morgan fingerprint density at radius 3 is 1.94 bits per heavy atom. The van der Waals surface area contributed by atoms with Crippen molar-refractivity contribution in [1.82, 2.24) is 14.7 Å². The van der Waals surface area contributed by atoms with Crippen LogP contribution in [0.2, 0.25) is 0 Å². The fourth-order valence-electron chi connectivity index (χ4n) is 2.88. The second-order valence-electron chi connectivity index (χ2n) is 5.51. The minimum atomic E-state index is 0.349. The molecule has 0 atom stereocenters. The van der Waals surface area contributed by atoms with Crippen molar-refractivity contribution in [3.63, 3.8) is 0 Å². The normalized spacial score (nSPS) is 23.9. The van der Waals surface area contributed by atoms with Crippen LogP contribution in [0, 0.1) is 0 Å². The van der Waals surface area contributed by atoms with Gasteiger partial charge in [0, 0.05) is 39.3 Å². The predicted molar refractivity (Wildman–Crippen MR) is 73.6 cm³/mol. The summed E-state index contributed by atoms with van der Waals surface area (Å²) in [4.78, 5) is 19.1. The van der Waals surface area contributed by atoms with Crippen LogP contribution in [0.15, 0.2) is 0 Å². The summed E-state index contributed by atoms with van der Waals surface area (Å²) in [6, 6.07) is 0. The summed E-state index contributed by atoms with van der Waals surface area (Å²) >= 11 is 0. The number of likely N-dealkylation sites (N-methyl/N-ethyl adjacent to an activating group) is 1. The lowest BCUT2D eigenvalue weighted by Crippen LogP contribution is -2.50. The third-order valence-electron chi connectivity index (χ3n) is 4.23. The molecule has 4 nitrogen and oxygen atoms in total. The van der Waals surface area contributed by atoms with Crippen molar-refractivity contribution in [2.24, 2.45) is 0 Å². The van der Waals surface area contributed by atoms with Gasteiger partial charge >= 0.3 is 0 Å². The molecule has 0 saturated carbocycles. The number of carbonyl (C=O) groups is 1. The number of hydrogen-bond acceptors (Lipinski definition) is 3. The highest BCUT2D eigenvalue weighted by Crippen LogP contribution is 2.10. The lowest BCUT2D eigenvalue weighted by Gasteiger charge is -2.34. The molecule has 0 aromatic rings. The van der Waals surface area contributed by atoms with Gasteiger partial charge in [0.2, 0.25) is 5.91 Å². The molecule has 104 valence electrons. The summed E-state index contributed by atoms with van der Waals surface area (Å²) in [5, 5.41) is 0. The van der Waals surface area contributed by atoms with Gasteiger partial charge in [-0.05, 0) is 19.4 Å². The largest absolute Gasteiger partial charge is 0.342 e. The molecule has 2 heterocycles. The molecule has 0 bridgehead atoms. The molecule has 0 aromatic carbocycles. The van der Waals surface area contributed by atoms with Crippen molar-refractivity contribution in [2.45, 2.75) is 32.6 Å². The second kappa shape index (κ2) is 7.10. The van der Waals surface area contributed by atoms with E-state index in [1.807, 2.05) is 0 Å². The highest BCUT2D eigenvalue weighted by molar-refractivity contribution is 5.78. The maximum atomic E-state index is 12.2. The van der Waals surface area contributed by atoms with Gasteiger partial charge in [-0.1, -0.05) is 19.8 Å². The average Bonchev–Trinajstić information content (AvgIpc) is 2.68. The number of piperazine rings is 1. The van der Waals surface area contributed by atoms with Gasteiger partial charge in [0.25, 0.3) is 0 Å². The monoisotopic (exact) mass is 253 g/mol. The standard InChI is InChI=1S/C14H27N3O/c1-2-15-9-11-16(12-10-15)13-14(18)17-7-5-3-4-6-8-17/h2-13H2,1H3. The van der Waals surface area contributed by atoms with E-state index in [9.17, 15) is 4.79 Å². The van der Waals surface area contributed by atoms with E-state index in [-0.39, 0.29) is 0 Å². The highest BCUT2D eigenvalue weighted by atomic mass is 16.2. The van der Waals surface area contributed by atoms with Gasteiger partial charge in [0.15, 0.2) is 0 Å².